The van der Waals surface area contributed by atoms with E-state index in [9.17, 15) is 9.59 Å². The van der Waals surface area contributed by atoms with Gasteiger partial charge in [0.25, 0.3) is 11.5 Å². The van der Waals surface area contributed by atoms with Crippen molar-refractivity contribution in [1.29, 1.82) is 0 Å². The van der Waals surface area contributed by atoms with Crippen molar-refractivity contribution in [2.75, 3.05) is 36.9 Å². The van der Waals surface area contributed by atoms with Crippen LogP contribution in [0.25, 0.3) is 11.3 Å². The third-order valence-corrected chi connectivity index (χ3v) is 4.91. The molecule has 1 aliphatic rings. The van der Waals surface area contributed by atoms with E-state index in [2.05, 4.69) is 15.0 Å². The predicted molar refractivity (Wildman–Crippen MR) is 112 cm³/mol. The molecule has 0 bridgehead atoms. The Labute approximate surface area is 177 Å². The lowest BCUT2D eigenvalue weighted by Crippen LogP contribution is -2.41. The summed E-state index contributed by atoms with van der Waals surface area (Å²) in [5.74, 6) is -0.126. The fourth-order valence-electron chi connectivity index (χ4n) is 3.26. The SMILES string of the molecule is Nc1ncc(-c2cn(Cc3ccc(C(=O)NO)cc3)c(=O)c(N3CCOCC3)n2)cn1. The van der Waals surface area contributed by atoms with Crippen molar-refractivity contribution in [3.05, 3.63) is 64.3 Å². The average molecular weight is 423 g/mol. The molecule has 0 atom stereocenters. The van der Waals surface area contributed by atoms with Gasteiger partial charge in [0.2, 0.25) is 5.95 Å². The minimum atomic E-state index is -0.604. The lowest BCUT2D eigenvalue weighted by Gasteiger charge is -2.28. The number of nitrogens with one attached hydrogen (secondary N) is 1. The number of anilines is 2. The van der Waals surface area contributed by atoms with E-state index in [0.717, 1.165) is 5.56 Å². The van der Waals surface area contributed by atoms with Gasteiger partial charge in [-0.2, -0.15) is 0 Å². The molecule has 0 radical (unpaired) electrons. The first-order valence-corrected chi connectivity index (χ1v) is 9.60. The molecule has 31 heavy (non-hydrogen) atoms. The van der Waals surface area contributed by atoms with Gasteiger partial charge < -0.3 is 19.9 Å². The van der Waals surface area contributed by atoms with Gasteiger partial charge in [0, 0.05) is 42.8 Å². The van der Waals surface area contributed by atoms with Crippen LogP contribution in [-0.4, -0.2) is 56.9 Å². The number of carbonyl (C=O) groups is 1. The van der Waals surface area contributed by atoms with Crippen LogP contribution in [0.3, 0.4) is 0 Å². The van der Waals surface area contributed by atoms with E-state index >= 15 is 0 Å². The molecule has 1 amide bonds. The summed E-state index contributed by atoms with van der Waals surface area (Å²) >= 11 is 0. The number of aromatic nitrogens is 4. The van der Waals surface area contributed by atoms with Crippen LogP contribution in [0.2, 0.25) is 0 Å². The number of hydroxylamine groups is 1. The fraction of sp³-hybridized carbons (Fsp3) is 0.250. The largest absolute Gasteiger partial charge is 0.378 e. The van der Waals surface area contributed by atoms with Gasteiger partial charge in [-0.15, -0.1) is 0 Å². The zero-order valence-corrected chi connectivity index (χ0v) is 16.6. The van der Waals surface area contributed by atoms with Crippen molar-refractivity contribution in [1.82, 2.24) is 25.0 Å². The number of morpholine rings is 1. The zero-order valence-electron chi connectivity index (χ0n) is 16.6. The Morgan fingerprint density at radius 2 is 1.84 bits per heavy atom. The Hall–Kier alpha value is -3.83. The molecule has 11 nitrogen and oxygen atoms in total. The summed E-state index contributed by atoms with van der Waals surface area (Å²) in [6.45, 7) is 2.43. The van der Waals surface area contributed by atoms with E-state index in [-0.39, 0.29) is 18.1 Å². The zero-order chi connectivity index (χ0) is 21.8. The highest BCUT2D eigenvalue weighted by Gasteiger charge is 2.19. The van der Waals surface area contributed by atoms with E-state index < -0.39 is 5.91 Å². The number of hydrogen-bond donors (Lipinski definition) is 3. The molecule has 4 rings (SSSR count). The molecule has 1 fully saturated rings. The quantitative estimate of drug-likeness (QED) is 0.389. The van der Waals surface area contributed by atoms with Gasteiger partial charge in [-0.3, -0.25) is 14.8 Å². The second-order valence-electron chi connectivity index (χ2n) is 6.95. The van der Waals surface area contributed by atoms with E-state index in [0.29, 0.717) is 48.9 Å². The van der Waals surface area contributed by atoms with Gasteiger partial charge >= 0.3 is 0 Å². The van der Waals surface area contributed by atoms with Gasteiger partial charge in [-0.25, -0.2) is 20.4 Å². The lowest BCUT2D eigenvalue weighted by molar-refractivity contribution is 0.0706. The molecule has 1 aromatic carbocycles. The molecule has 3 heterocycles. The molecule has 0 aliphatic carbocycles. The molecular formula is C20H21N7O4. The van der Waals surface area contributed by atoms with E-state index in [1.165, 1.54) is 0 Å². The summed E-state index contributed by atoms with van der Waals surface area (Å²) in [5.41, 5.74) is 9.22. The molecule has 4 N–H and O–H groups in total. The van der Waals surface area contributed by atoms with Gasteiger partial charge in [-0.1, -0.05) is 12.1 Å². The minimum Gasteiger partial charge on any atom is -0.378 e. The van der Waals surface area contributed by atoms with Crippen molar-refractivity contribution in [3.63, 3.8) is 0 Å². The Kier molecular flexibility index (Phi) is 5.87. The van der Waals surface area contributed by atoms with Crippen molar-refractivity contribution < 1.29 is 14.7 Å². The molecule has 2 aromatic heterocycles. The van der Waals surface area contributed by atoms with Crippen molar-refractivity contribution in [2.24, 2.45) is 0 Å². The average Bonchev–Trinajstić information content (AvgIpc) is 2.81. The van der Waals surface area contributed by atoms with Gasteiger partial charge in [-0.05, 0) is 17.7 Å². The summed E-state index contributed by atoms with van der Waals surface area (Å²) in [4.78, 5) is 39.2. The van der Waals surface area contributed by atoms with Crippen LogP contribution < -0.4 is 21.7 Å². The van der Waals surface area contributed by atoms with Crippen molar-refractivity contribution in [3.8, 4) is 11.3 Å². The topological polar surface area (TPSA) is 148 Å². The molecule has 1 saturated heterocycles. The number of benzene rings is 1. The fourth-order valence-corrected chi connectivity index (χ4v) is 3.26. The molecule has 11 heteroatoms. The van der Waals surface area contributed by atoms with E-state index in [1.54, 1.807) is 52.9 Å². The highest BCUT2D eigenvalue weighted by Crippen LogP contribution is 2.19. The number of rotatable bonds is 5. The first-order valence-electron chi connectivity index (χ1n) is 9.60. The second kappa shape index (κ2) is 8.90. The molecule has 0 unspecified atom stereocenters. The standard InChI is InChI=1S/C20H21N7O4/c21-20-22-9-15(10-23-20)16-12-27(11-13-1-3-14(4-2-13)18(28)25-30)19(29)17(24-16)26-5-7-31-8-6-26/h1-4,9-10,12,30H,5-8,11H2,(H,25,28)(H2,21,22,23). The maximum absolute atomic E-state index is 13.2. The highest BCUT2D eigenvalue weighted by molar-refractivity contribution is 5.93. The van der Waals surface area contributed by atoms with Crippen molar-refractivity contribution >= 4 is 17.7 Å². The van der Waals surface area contributed by atoms with Gasteiger partial charge in [0.1, 0.15) is 0 Å². The smallest absolute Gasteiger partial charge is 0.293 e. The summed E-state index contributed by atoms with van der Waals surface area (Å²) < 4.78 is 6.95. The number of carbonyl (C=O) groups excluding carboxylic acids is 1. The van der Waals surface area contributed by atoms with Crippen LogP contribution in [-0.2, 0) is 11.3 Å². The van der Waals surface area contributed by atoms with Crippen LogP contribution in [0, 0.1) is 0 Å². The van der Waals surface area contributed by atoms with Crippen LogP contribution in [0.5, 0.6) is 0 Å². The number of hydrogen-bond acceptors (Lipinski definition) is 9. The minimum absolute atomic E-state index is 0.150. The van der Waals surface area contributed by atoms with E-state index in [1.807, 2.05) is 4.90 Å². The summed E-state index contributed by atoms with van der Waals surface area (Å²) in [7, 11) is 0. The Morgan fingerprint density at radius 3 is 2.48 bits per heavy atom. The Balaban J connectivity index is 1.73. The Bertz CT molecular complexity index is 1120. The predicted octanol–water partition coefficient (Wildman–Crippen LogP) is 0.286. The van der Waals surface area contributed by atoms with Crippen LogP contribution >= 0.6 is 0 Å². The van der Waals surface area contributed by atoms with Gasteiger partial charge in [0.05, 0.1) is 25.5 Å². The second-order valence-corrected chi connectivity index (χ2v) is 6.95. The summed E-state index contributed by atoms with van der Waals surface area (Å²) in [5, 5.41) is 8.76. The Morgan fingerprint density at radius 1 is 1.16 bits per heavy atom. The highest BCUT2D eigenvalue weighted by atomic mass is 16.5. The molecule has 160 valence electrons. The maximum Gasteiger partial charge on any atom is 0.293 e. The maximum atomic E-state index is 13.2. The first kappa shape index (κ1) is 20.4. The molecule has 0 spiro atoms. The lowest BCUT2D eigenvalue weighted by atomic mass is 10.1. The number of nitrogen functional groups attached to an aromatic ring is 1. The number of ether oxygens (including phenoxy) is 1. The number of nitrogens with zero attached hydrogens (tertiary/aromatic N) is 5. The number of nitrogens with two attached hydrogens (primary N) is 1. The van der Waals surface area contributed by atoms with Crippen LogP contribution in [0.15, 0.2) is 47.7 Å². The molecule has 0 saturated carbocycles. The first-order chi connectivity index (χ1) is 15.0. The summed E-state index contributed by atoms with van der Waals surface area (Å²) in [6, 6.07) is 6.59. The normalized spacial score (nSPS) is 13.8. The van der Waals surface area contributed by atoms with E-state index in [4.69, 9.17) is 15.7 Å². The summed E-state index contributed by atoms with van der Waals surface area (Å²) in [6.07, 6.45) is 4.77. The van der Waals surface area contributed by atoms with Crippen LogP contribution in [0.4, 0.5) is 11.8 Å². The van der Waals surface area contributed by atoms with Crippen molar-refractivity contribution in [2.45, 2.75) is 6.54 Å². The third kappa shape index (κ3) is 4.52. The van der Waals surface area contributed by atoms with Gasteiger partial charge in [0.15, 0.2) is 5.82 Å². The monoisotopic (exact) mass is 423 g/mol. The number of amides is 1. The molecule has 1 aliphatic heterocycles. The third-order valence-electron chi connectivity index (χ3n) is 4.91. The van der Waals surface area contributed by atoms with Crippen LogP contribution in [0.1, 0.15) is 15.9 Å². The molecule has 3 aromatic rings. The molecular weight excluding hydrogens is 402 g/mol.